The molecule has 1 atom stereocenters. The molecule has 3 aromatic rings. The van der Waals surface area contributed by atoms with Gasteiger partial charge in [-0.3, -0.25) is 0 Å². The summed E-state index contributed by atoms with van der Waals surface area (Å²) in [5.74, 6) is 0. The number of hydrogen-bond acceptors (Lipinski definition) is 1. The lowest BCUT2D eigenvalue weighted by molar-refractivity contribution is 0.911. The third-order valence-electron chi connectivity index (χ3n) is 4.20. The topological polar surface area (TPSA) is 0 Å². The van der Waals surface area contributed by atoms with Gasteiger partial charge in [-0.15, -0.1) is 11.3 Å². The van der Waals surface area contributed by atoms with Crippen LogP contribution in [0.1, 0.15) is 33.5 Å². The molecule has 1 aromatic heterocycles. The minimum atomic E-state index is 0.296. The molecule has 2 aromatic carbocycles. The molecule has 1 unspecified atom stereocenters. The maximum absolute atomic E-state index is 3.91. The normalized spacial score (nSPS) is 15.4. The molecule has 0 radical (unpaired) electrons. The van der Waals surface area contributed by atoms with E-state index >= 15 is 0 Å². The van der Waals surface area contributed by atoms with Crippen molar-refractivity contribution < 1.29 is 0 Å². The van der Waals surface area contributed by atoms with Crippen LogP contribution < -0.4 is 0 Å². The van der Waals surface area contributed by atoms with Gasteiger partial charge in [-0.2, -0.15) is 0 Å². The Morgan fingerprint density at radius 3 is 2.80 bits per heavy atom. The second-order valence-electron chi connectivity index (χ2n) is 5.43. The van der Waals surface area contributed by atoms with Crippen molar-refractivity contribution in [2.24, 2.45) is 0 Å². The van der Waals surface area contributed by atoms with Crippen LogP contribution in [0.2, 0.25) is 0 Å². The maximum Gasteiger partial charge on any atom is 0.0658 e. The summed E-state index contributed by atoms with van der Waals surface area (Å²) in [4.78, 5) is 0.296. The van der Waals surface area contributed by atoms with E-state index in [4.69, 9.17) is 0 Å². The Morgan fingerprint density at radius 2 is 1.85 bits per heavy atom. The molecule has 0 fully saturated rings. The standard InChI is InChI=1S/C18H15BrS/c19-18(14-9-8-12-4-3-5-13(12)10-14)16-11-20-17-7-2-1-6-15(16)17/h1-2,6-11,18H,3-5H2. The zero-order valence-electron chi connectivity index (χ0n) is 11.1. The SMILES string of the molecule is BrC(c1ccc2c(c1)CCC2)c1csc2ccccc12. The first-order chi connectivity index (χ1) is 9.83. The minimum Gasteiger partial charge on any atom is -0.143 e. The van der Waals surface area contributed by atoms with Crippen molar-refractivity contribution >= 4 is 37.4 Å². The van der Waals surface area contributed by atoms with E-state index in [1.165, 1.54) is 40.5 Å². The van der Waals surface area contributed by atoms with E-state index in [-0.39, 0.29) is 0 Å². The molecule has 0 saturated heterocycles. The Morgan fingerprint density at radius 1 is 1.00 bits per heavy atom. The smallest absolute Gasteiger partial charge is 0.0658 e. The van der Waals surface area contributed by atoms with Crippen LogP contribution >= 0.6 is 27.3 Å². The van der Waals surface area contributed by atoms with Crippen molar-refractivity contribution in [2.75, 3.05) is 0 Å². The van der Waals surface area contributed by atoms with Crippen LogP contribution in [0.15, 0.2) is 47.8 Å². The molecule has 1 aliphatic carbocycles. The van der Waals surface area contributed by atoms with E-state index in [0.29, 0.717) is 4.83 Å². The summed E-state index contributed by atoms with van der Waals surface area (Å²) in [6, 6.07) is 15.7. The molecule has 0 bridgehead atoms. The second kappa shape index (κ2) is 5.01. The van der Waals surface area contributed by atoms with E-state index in [1.807, 2.05) is 11.3 Å². The second-order valence-corrected chi connectivity index (χ2v) is 7.26. The van der Waals surface area contributed by atoms with Crippen molar-refractivity contribution in [3.63, 3.8) is 0 Å². The zero-order valence-corrected chi connectivity index (χ0v) is 13.5. The van der Waals surface area contributed by atoms with Crippen LogP contribution in [0.25, 0.3) is 10.1 Å². The summed E-state index contributed by atoms with van der Waals surface area (Å²) in [5, 5.41) is 3.66. The number of alkyl halides is 1. The van der Waals surface area contributed by atoms with Gasteiger partial charge in [-0.25, -0.2) is 0 Å². The fourth-order valence-electron chi connectivity index (χ4n) is 3.12. The first-order valence-electron chi connectivity index (χ1n) is 7.05. The van der Waals surface area contributed by atoms with Crippen LogP contribution in [-0.4, -0.2) is 0 Å². The van der Waals surface area contributed by atoms with Gasteiger partial charge in [0.25, 0.3) is 0 Å². The van der Waals surface area contributed by atoms with Crippen LogP contribution in [-0.2, 0) is 12.8 Å². The predicted octanol–water partition coefficient (Wildman–Crippen LogP) is 5.87. The summed E-state index contributed by atoms with van der Waals surface area (Å²) in [6.07, 6.45) is 3.81. The predicted molar refractivity (Wildman–Crippen MR) is 91.1 cm³/mol. The van der Waals surface area contributed by atoms with Crippen molar-refractivity contribution in [3.05, 3.63) is 70.1 Å². The van der Waals surface area contributed by atoms with Gasteiger partial charge in [0.2, 0.25) is 0 Å². The molecule has 0 nitrogen and oxygen atoms in total. The molecule has 20 heavy (non-hydrogen) atoms. The monoisotopic (exact) mass is 342 g/mol. The van der Waals surface area contributed by atoms with Crippen molar-refractivity contribution in [2.45, 2.75) is 24.1 Å². The first kappa shape index (κ1) is 12.6. The average molecular weight is 343 g/mol. The average Bonchev–Trinajstić information content (AvgIpc) is 3.12. The number of halogens is 1. The third-order valence-corrected chi connectivity index (χ3v) is 6.20. The van der Waals surface area contributed by atoms with Crippen molar-refractivity contribution in [3.8, 4) is 0 Å². The number of thiophene rings is 1. The minimum absolute atomic E-state index is 0.296. The number of benzene rings is 2. The van der Waals surface area contributed by atoms with E-state index < -0.39 is 0 Å². The van der Waals surface area contributed by atoms with E-state index in [0.717, 1.165) is 0 Å². The highest BCUT2D eigenvalue weighted by molar-refractivity contribution is 9.09. The van der Waals surface area contributed by atoms with Crippen molar-refractivity contribution in [1.29, 1.82) is 0 Å². The lowest BCUT2D eigenvalue weighted by Gasteiger charge is -2.11. The molecule has 0 N–H and O–H groups in total. The highest BCUT2D eigenvalue weighted by atomic mass is 79.9. The lowest BCUT2D eigenvalue weighted by Crippen LogP contribution is -1.94. The quantitative estimate of drug-likeness (QED) is 0.510. The Kier molecular flexibility index (Phi) is 3.16. The van der Waals surface area contributed by atoms with E-state index in [2.05, 4.69) is 63.8 Å². The molecule has 100 valence electrons. The van der Waals surface area contributed by atoms with Crippen LogP contribution in [0, 0.1) is 0 Å². The molecule has 2 heteroatoms. The van der Waals surface area contributed by atoms with Gasteiger partial charge >= 0.3 is 0 Å². The fourth-order valence-corrected chi connectivity index (χ4v) is 4.95. The molecule has 1 heterocycles. The molecular formula is C18H15BrS. The summed E-state index contributed by atoms with van der Waals surface area (Å²) >= 11 is 5.74. The lowest BCUT2D eigenvalue weighted by atomic mass is 10.00. The summed E-state index contributed by atoms with van der Waals surface area (Å²) in [7, 11) is 0. The van der Waals surface area contributed by atoms with Gasteiger partial charge < -0.3 is 0 Å². The number of fused-ring (bicyclic) bond motifs is 2. The Labute approximate surface area is 131 Å². The Hall–Kier alpha value is -1.12. The van der Waals surface area contributed by atoms with Gasteiger partial charge in [0.1, 0.15) is 0 Å². The third kappa shape index (κ3) is 2.02. The van der Waals surface area contributed by atoms with E-state index in [1.54, 1.807) is 11.1 Å². The summed E-state index contributed by atoms with van der Waals surface area (Å²) in [6.45, 7) is 0. The number of hydrogen-bond donors (Lipinski definition) is 0. The van der Waals surface area contributed by atoms with Gasteiger partial charge in [-0.05, 0) is 58.3 Å². The molecule has 0 amide bonds. The Balaban J connectivity index is 1.78. The van der Waals surface area contributed by atoms with Crippen LogP contribution in [0.5, 0.6) is 0 Å². The first-order valence-corrected chi connectivity index (χ1v) is 8.84. The molecular weight excluding hydrogens is 328 g/mol. The molecule has 0 spiro atoms. The van der Waals surface area contributed by atoms with Gasteiger partial charge in [-0.1, -0.05) is 52.3 Å². The fraction of sp³-hybridized carbons (Fsp3) is 0.222. The van der Waals surface area contributed by atoms with Crippen LogP contribution in [0.3, 0.4) is 0 Å². The molecule has 4 rings (SSSR count). The maximum atomic E-state index is 3.91. The van der Waals surface area contributed by atoms with Crippen molar-refractivity contribution in [1.82, 2.24) is 0 Å². The largest absolute Gasteiger partial charge is 0.143 e. The number of rotatable bonds is 2. The highest BCUT2D eigenvalue weighted by Gasteiger charge is 2.18. The summed E-state index contributed by atoms with van der Waals surface area (Å²) in [5.41, 5.74) is 5.87. The van der Waals surface area contributed by atoms with Gasteiger partial charge in [0.15, 0.2) is 0 Å². The van der Waals surface area contributed by atoms with Gasteiger partial charge in [0.05, 0.1) is 4.83 Å². The van der Waals surface area contributed by atoms with Gasteiger partial charge in [0, 0.05) is 4.70 Å². The highest BCUT2D eigenvalue weighted by Crippen LogP contribution is 2.39. The Bertz CT molecular complexity index is 772. The molecule has 0 saturated carbocycles. The van der Waals surface area contributed by atoms with E-state index in [9.17, 15) is 0 Å². The molecule has 0 aliphatic heterocycles. The zero-order chi connectivity index (χ0) is 13.5. The number of aryl methyl sites for hydroxylation is 2. The molecule has 1 aliphatic rings. The van der Waals surface area contributed by atoms with Crippen LogP contribution in [0.4, 0.5) is 0 Å². The summed E-state index contributed by atoms with van der Waals surface area (Å²) < 4.78 is 1.37.